The first-order valence-corrected chi connectivity index (χ1v) is 8.90. The number of ether oxygens (including phenoxy) is 1. The van der Waals surface area contributed by atoms with Gasteiger partial charge in [-0.1, -0.05) is 26.7 Å². The lowest BCUT2D eigenvalue weighted by Crippen LogP contribution is -2.42. The largest absolute Gasteiger partial charge is 0.459 e. The molecule has 4 nitrogen and oxygen atoms in total. The predicted octanol–water partition coefficient (Wildman–Crippen LogP) is 1.94. The summed E-state index contributed by atoms with van der Waals surface area (Å²) in [5.74, 6) is 4.26. The molecule has 0 bridgehead atoms. The van der Waals surface area contributed by atoms with Crippen LogP contribution in [-0.2, 0) is 14.0 Å². The quantitative estimate of drug-likeness (QED) is 0.368. The van der Waals surface area contributed by atoms with Gasteiger partial charge in [0.15, 0.2) is 8.32 Å². The van der Waals surface area contributed by atoms with Gasteiger partial charge in [0.25, 0.3) is 0 Å². The molecular formula is C13H24O4Si. The molecule has 0 radical (unpaired) electrons. The number of carbonyl (C=O) groups excluding carboxylic acids is 1. The molecule has 0 unspecified atom stereocenters. The number of hydrogen-bond acceptors (Lipinski definition) is 4. The van der Waals surface area contributed by atoms with E-state index in [0.717, 1.165) is 0 Å². The minimum Gasteiger partial charge on any atom is -0.459 e. The minimum absolute atomic E-state index is 0.115. The molecule has 0 aromatic rings. The van der Waals surface area contributed by atoms with Crippen LogP contribution in [-0.4, -0.2) is 39.2 Å². The lowest BCUT2D eigenvalue weighted by Gasteiger charge is -2.36. The van der Waals surface area contributed by atoms with Crippen molar-refractivity contribution in [2.24, 2.45) is 0 Å². The topological polar surface area (TPSA) is 55.8 Å². The van der Waals surface area contributed by atoms with Crippen molar-refractivity contribution in [3.05, 3.63) is 0 Å². The van der Waals surface area contributed by atoms with Crippen molar-refractivity contribution in [1.82, 2.24) is 0 Å². The molecule has 1 N–H and O–H groups in total. The molecule has 5 heteroatoms. The van der Waals surface area contributed by atoms with Crippen LogP contribution >= 0.6 is 0 Å². The standard InChI is InChI=1S/C13H24O4Si/c1-13(2,3)18(5,6)17-10-11(14)8-7-9-12(15)16-4/h11,14H,8,10H2,1-6H3/t11-/m1/s1. The van der Waals surface area contributed by atoms with Crippen LogP contribution in [0, 0.1) is 11.8 Å². The maximum absolute atomic E-state index is 10.7. The Morgan fingerprint density at radius 3 is 2.39 bits per heavy atom. The minimum atomic E-state index is -1.84. The Hall–Kier alpha value is -0.833. The normalized spacial score (nSPS) is 13.5. The van der Waals surface area contributed by atoms with Crippen molar-refractivity contribution in [2.45, 2.75) is 51.4 Å². The summed E-state index contributed by atoms with van der Waals surface area (Å²) in [4.78, 5) is 10.7. The first kappa shape index (κ1) is 17.2. The first-order valence-electron chi connectivity index (χ1n) is 5.99. The second-order valence-corrected chi connectivity index (χ2v) is 10.5. The van der Waals surface area contributed by atoms with Gasteiger partial charge in [-0.3, -0.25) is 0 Å². The maximum atomic E-state index is 10.7. The van der Waals surface area contributed by atoms with E-state index in [0.29, 0.717) is 0 Å². The highest BCUT2D eigenvalue weighted by Gasteiger charge is 2.37. The van der Waals surface area contributed by atoms with Crippen molar-refractivity contribution < 1.29 is 19.1 Å². The van der Waals surface area contributed by atoms with Gasteiger partial charge in [-0.25, -0.2) is 4.79 Å². The van der Waals surface area contributed by atoms with Gasteiger partial charge in [0.1, 0.15) is 0 Å². The van der Waals surface area contributed by atoms with E-state index >= 15 is 0 Å². The van der Waals surface area contributed by atoms with Crippen LogP contribution in [0.1, 0.15) is 27.2 Å². The van der Waals surface area contributed by atoms with E-state index in [-0.39, 0.29) is 18.1 Å². The molecule has 0 aliphatic rings. The second kappa shape index (κ2) is 6.93. The molecule has 0 aliphatic carbocycles. The highest BCUT2D eigenvalue weighted by atomic mass is 28.4. The van der Waals surface area contributed by atoms with Crippen molar-refractivity contribution in [1.29, 1.82) is 0 Å². The van der Waals surface area contributed by atoms with Crippen LogP contribution in [0.5, 0.6) is 0 Å². The van der Waals surface area contributed by atoms with Gasteiger partial charge in [0.2, 0.25) is 0 Å². The van der Waals surface area contributed by atoms with Gasteiger partial charge in [0, 0.05) is 12.3 Å². The number of methoxy groups -OCH3 is 1. The molecule has 0 fully saturated rings. The van der Waals surface area contributed by atoms with Crippen LogP contribution in [0.25, 0.3) is 0 Å². The number of aliphatic hydroxyl groups is 1. The summed E-state index contributed by atoms with van der Waals surface area (Å²) in [6.45, 7) is 10.9. The van der Waals surface area contributed by atoms with Crippen LogP contribution < -0.4 is 0 Å². The van der Waals surface area contributed by atoms with Gasteiger partial charge < -0.3 is 14.3 Å². The third-order valence-electron chi connectivity index (χ3n) is 3.16. The molecule has 0 heterocycles. The zero-order valence-electron chi connectivity index (χ0n) is 12.2. The van der Waals surface area contributed by atoms with Crippen LogP contribution in [0.4, 0.5) is 0 Å². The van der Waals surface area contributed by atoms with Gasteiger partial charge in [0.05, 0.1) is 19.8 Å². The van der Waals surface area contributed by atoms with E-state index in [1.807, 2.05) is 0 Å². The Kier molecular flexibility index (Phi) is 6.61. The van der Waals surface area contributed by atoms with Gasteiger partial charge in [-0.2, -0.15) is 0 Å². The van der Waals surface area contributed by atoms with E-state index in [1.54, 1.807) is 0 Å². The molecule has 0 rings (SSSR count). The number of esters is 1. The SMILES string of the molecule is COC(=O)C#CC[C@@H](O)CO[Si](C)(C)C(C)(C)C. The lowest BCUT2D eigenvalue weighted by atomic mass is 10.2. The van der Waals surface area contributed by atoms with Crippen LogP contribution in [0.3, 0.4) is 0 Å². The third kappa shape index (κ3) is 6.19. The monoisotopic (exact) mass is 272 g/mol. The highest BCUT2D eigenvalue weighted by Crippen LogP contribution is 2.36. The first-order chi connectivity index (χ1) is 8.10. The third-order valence-corrected chi connectivity index (χ3v) is 7.66. The number of rotatable bonds is 4. The second-order valence-electron chi connectivity index (χ2n) is 5.72. The Morgan fingerprint density at radius 2 is 1.94 bits per heavy atom. The van der Waals surface area contributed by atoms with E-state index in [2.05, 4.69) is 50.4 Å². The molecule has 0 aromatic carbocycles. The fourth-order valence-electron chi connectivity index (χ4n) is 0.872. The molecule has 0 saturated heterocycles. The lowest BCUT2D eigenvalue weighted by molar-refractivity contribution is -0.133. The summed E-state index contributed by atoms with van der Waals surface area (Å²) in [5.41, 5.74) is 0. The van der Waals surface area contributed by atoms with Gasteiger partial charge >= 0.3 is 5.97 Å². The maximum Gasteiger partial charge on any atom is 0.384 e. The fourth-order valence-corrected chi connectivity index (χ4v) is 1.91. The molecule has 0 saturated carbocycles. The van der Waals surface area contributed by atoms with Crippen LogP contribution in [0.15, 0.2) is 0 Å². The van der Waals surface area contributed by atoms with Gasteiger partial charge in [-0.15, -0.1) is 0 Å². The van der Waals surface area contributed by atoms with Crippen molar-refractivity contribution in [2.75, 3.05) is 13.7 Å². The van der Waals surface area contributed by atoms with Crippen molar-refractivity contribution >= 4 is 14.3 Å². The molecule has 0 aliphatic heterocycles. The Morgan fingerprint density at radius 1 is 1.39 bits per heavy atom. The van der Waals surface area contributed by atoms with Crippen molar-refractivity contribution in [3.8, 4) is 11.8 Å². The Labute approximate surface area is 111 Å². The average Bonchev–Trinajstić information content (AvgIpc) is 2.24. The Balaban J connectivity index is 4.15. The summed E-state index contributed by atoms with van der Waals surface area (Å²) in [6.07, 6.45) is -0.458. The molecule has 0 amide bonds. The fraction of sp³-hybridized carbons (Fsp3) is 0.769. The zero-order chi connectivity index (χ0) is 14.4. The van der Waals surface area contributed by atoms with Crippen molar-refractivity contribution in [3.63, 3.8) is 0 Å². The summed E-state index contributed by atoms with van der Waals surface area (Å²) in [7, 11) is -0.564. The van der Waals surface area contributed by atoms with E-state index in [1.165, 1.54) is 7.11 Å². The Bertz CT molecular complexity index is 333. The number of aliphatic hydroxyl groups excluding tert-OH is 1. The zero-order valence-corrected chi connectivity index (χ0v) is 13.2. The molecule has 1 atom stereocenters. The van der Waals surface area contributed by atoms with E-state index < -0.39 is 20.4 Å². The van der Waals surface area contributed by atoms with E-state index in [9.17, 15) is 9.90 Å². The number of carbonyl (C=O) groups is 1. The highest BCUT2D eigenvalue weighted by molar-refractivity contribution is 6.74. The molecular weight excluding hydrogens is 248 g/mol. The van der Waals surface area contributed by atoms with E-state index in [4.69, 9.17) is 4.43 Å². The summed E-state index contributed by atoms with van der Waals surface area (Å²) >= 11 is 0. The average molecular weight is 272 g/mol. The molecule has 0 spiro atoms. The smallest absolute Gasteiger partial charge is 0.384 e. The molecule has 18 heavy (non-hydrogen) atoms. The van der Waals surface area contributed by atoms with Crippen LogP contribution in [0.2, 0.25) is 18.1 Å². The van der Waals surface area contributed by atoms with Gasteiger partial charge in [-0.05, 0) is 18.1 Å². The predicted molar refractivity (Wildman–Crippen MR) is 73.6 cm³/mol. The molecule has 104 valence electrons. The summed E-state index contributed by atoms with van der Waals surface area (Å²) in [6, 6.07) is 0. The molecule has 0 aromatic heterocycles. The number of hydrogen-bond donors (Lipinski definition) is 1. The summed E-state index contributed by atoms with van der Waals surface area (Å²) < 4.78 is 10.2. The summed E-state index contributed by atoms with van der Waals surface area (Å²) in [5, 5.41) is 9.82.